The number of ether oxygens (including phenoxy) is 1. The van der Waals surface area contributed by atoms with E-state index in [1.165, 1.54) is 24.3 Å². The lowest BCUT2D eigenvalue weighted by atomic mass is 10.1. The molecule has 0 saturated carbocycles. The Bertz CT molecular complexity index is 963. The molecule has 6 nitrogen and oxygen atoms in total. The van der Waals surface area contributed by atoms with Crippen LogP contribution >= 0.6 is 0 Å². The van der Waals surface area contributed by atoms with Gasteiger partial charge in [-0.2, -0.15) is 10.5 Å². The number of nitrogens with zero attached hydrogens (tertiary/aromatic N) is 2. The Morgan fingerprint density at radius 1 is 1.08 bits per heavy atom. The summed E-state index contributed by atoms with van der Waals surface area (Å²) in [5, 5.41) is 18.3. The van der Waals surface area contributed by atoms with Gasteiger partial charge in [0.1, 0.15) is 17.9 Å². The molecule has 0 radical (unpaired) electrons. The zero-order chi connectivity index (χ0) is 18.4. The smallest absolute Gasteiger partial charge is 0.261 e. The van der Waals surface area contributed by atoms with Crippen LogP contribution in [-0.4, -0.2) is 8.42 Å². The molecule has 2 aromatic rings. The van der Waals surface area contributed by atoms with Gasteiger partial charge in [-0.1, -0.05) is 12.1 Å². The first-order valence-corrected chi connectivity index (χ1v) is 8.76. The first kappa shape index (κ1) is 18.1. The van der Waals surface area contributed by atoms with Gasteiger partial charge in [0.25, 0.3) is 10.0 Å². The standard InChI is InChI=1S/C18H15N3O3S/c1-3-13(2)21-25(22,23)17-9-7-16(8-10-17)24-18-14(11-19)5-4-6-15(18)12-20/h3-10,21H,1-2H3/b13-3+. The average molecular weight is 353 g/mol. The number of allylic oxidation sites excluding steroid dienone is 2. The van der Waals surface area contributed by atoms with Crippen LogP contribution in [0.15, 0.2) is 59.1 Å². The number of hydrogen-bond donors (Lipinski definition) is 1. The van der Waals surface area contributed by atoms with Crippen LogP contribution in [0, 0.1) is 22.7 Å². The molecule has 0 heterocycles. The SMILES string of the molecule is C/C=C(\C)NS(=O)(=O)c1ccc(Oc2c(C#N)cccc2C#N)cc1. The van der Waals surface area contributed by atoms with Crippen molar-refractivity contribution >= 4 is 10.0 Å². The minimum absolute atomic E-state index is 0.0788. The number of nitrogens with one attached hydrogen (secondary N) is 1. The minimum Gasteiger partial charge on any atom is -0.455 e. The Hall–Kier alpha value is -3.29. The monoisotopic (exact) mass is 353 g/mol. The van der Waals surface area contributed by atoms with Crippen molar-refractivity contribution in [3.8, 4) is 23.6 Å². The number of rotatable bonds is 5. The van der Waals surface area contributed by atoms with Gasteiger partial charge < -0.3 is 4.74 Å². The highest BCUT2D eigenvalue weighted by Crippen LogP contribution is 2.29. The van der Waals surface area contributed by atoms with Gasteiger partial charge in [-0.05, 0) is 50.2 Å². The van der Waals surface area contributed by atoms with E-state index in [1.54, 1.807) is 38.1 Å². The van der Waals surface area contributed by atoms with E-state index in [0.717, 1.165) is 0 Å². The number of benzene rings is 2. The molecule has 0 saturated heterocycles. The van der Waals surface area contributed by atoms with Crippen LogP contribution in [0.25, 0.3) is 0 Å². The zero-order valence-electron chi connectivity index (χ0n) is 13.6. The molecule has 2 rings (SSSR count). The summed E-state index contributed by atoms with van der Waals surface area (Å²) < 4.78 is 32.4. The Kier molecular flexibility index (Phi) is 5.43. The molecule has 25 heavy (non-hydrogen) atoms. The van der Waals surface area contributed by atoms with Crippen LogP contribution in [-0.2, 0) is 10.0 Å². The highest BCUT2D eigenvalue weighted by molar-refractivity contribution is 7.89. The van der Waals surface area contributed by atoms with E-state index < -0.39 is 10.0 Å². The molecule has 0 fully saturated rings. The quantitative estimate of drug-likeness (QED) is 0.887. The number of para-hydroxylation sites is 1. The van der Waals surface area contributed by atoms with Crippen molar-refractivity contribution in [2.24, 2.45) is 0 Å². The number of sulfonamides is 1. The maximum absolute atomic E-state index is 12.2. The first-order valence-electron chi connectivity index (χ1n) is 7.28. The van der Waals surface area contributed by atoms with Gasteiger partial charge in [0.15, 0.2) is 5.75 Å². The second-order valence-electron chi connectivity index (χ2n) is 5.06. The molecule has 0 aliphatic heterocycles. The summed E-state index contributed by atoms with van der Waals surface area (Å²) >= 11 is 0. The third kappa shape index (κ3) is 4.17. The fourth-order valence-corrected chi connectivity index (χ4v) is 3.11. The molecule has 0 atom stereocenters. The van der Waals surface area contributed by atoms with Gasteiger partial charge in [-0.25, -0.2) is 8.42 Å². The number of hydrogen-bond acceptors (Lipinski definition) is 5. The van der Waals surface area contributed by atoms with Crippen molar-refractivity contribution < 1.29 is 13.2 Å². The van der Waals surface area contributed by atoms with Gasteiger partial charge in [0.05, 0.1) is 16.0 Å². The molecular formula is C18H15N3O3S. The van der Waals surface area contributed by atoms with Gasteiger partial charge >= 0.3 is 0 Å². The van der Waals surface area contributed by atoms with Crippen molar-refractivity contribution in [1.82, 2.24) is 4.72 Å². The Balaban J connectivity index is 2.32. The highest BCUT2D eigenvalue weighted by Gasteiger charge is 2.15. The van der Waals surface area contributed by atoms with Crippen molar-refractivity contribution in [1.29, 1.82) is 10.5 Å². The number of nitriles is 2. The predicted molar refractivity (Wildman–Crippen MR) is 92.1 cm³/mol. The fraction of sp³-hybridized carbons (Fsp3) is 0.111. The molecule has 0 unspecified atom stereocenters. The van der Waals surface area contributed by atoms with Gasteiger partial charge in [-0.3, -0.25) is 4.72 Å². The zero-order valence-corrected chi connectivity index (χ0v) is 14.5. The van der Waals surface area contributed by atoms with Crippen molar-refractivity contribution in [2.75, 3.05) is 0 Å². The fourth-order valence-electron chi connectivity index (χ4n) is 1.96. The summed E-state index contributed by atoms with van der Waals surface area (Å²) in [5.41, 5.74) is 0.962. The first-order chi connectivity index (χ1) is 11.9. The molecule has 0 aromatic heterocycles. The van der Waals surface area contributed by atoms with Gasteiger partial charge in [-0.15, -0.1) is 0 Å². The van der Waals surface area contributed by atoms with Crippen molar-refractivity contribution in [3.63, 3.8) is 0 Å². The maximum Gasteiger partial charge on any atom is 0.261 e. The summed E-state index contributed by atoms with van der Waals surface area (Å²) in [4.78, 5) is 0.0788. The van der Waals surface area contributed by atoms with E-state index in [2.05, 4.69) is 4.72 Å². The summed E-state index contributed by atoms with van der Waals surface area (Å²) in [7, 11) is -3.67. The highest BCUT2D eigenvalue weighted by atomic mass is 32.2. The third-order valence-corrected chi connectivity index (χ3v) is 4.82. The molecular weight excluding hydrogens is 338 g/mol. The predicted octanol–water partition coefficient (Wildman–Crippen LogP) is 3.42. The molecule has 1 N–H and O–H groups in total. The Morgan fingerprint density at radius 3 is 2.12 bits per heavy atom. The van der Waals surface area contributed by atoms with E-state index >= 15 is 0 Å². The summed E-state index contributed by atoms with van der Waals surface area (Å²) in [6.07, 6.45) is 1.65. The summed E-state index contributed by atoms with van der Waals surface area (Å²) in [6.45, 7) is 3.38. The molecule has 2 aromatic carbocycles. The Morgan fingerprint density at radius 2 is 1.64 bits per heavy atom. The average Bonchev–Trinajstić information content (AvgIpc) is 2.61. The van der Waals surface area contributed by atoms with Crippen LogP contribution in [0.2, 0.25) is 0 Å². The van der Waals surface area contributed by atoms with Crippen LogP contribution in [0.1, 0.15) is 25.0 Å². The molecule has 0 spiro atoms. The van der Waals surface area contributed by atoms with Gasteiger partial charge in [0, 0.05) is 5.70 Å². The lowest BCUT2D eigenvalue weighted by Crippen LogP contribution is -2.21. The van der Waals surface area contributed by atoms with Crippen molar-refractivity contribution in [3.05, 3.63) is 65.4 Å². The largest absolute Gasteiger partial charge is 0.455 e. The Labute approximate surface area is 146 Å². The van der Waals surface area contributed by atoms with E-state index in [0.29, 0.717) is 11.4 Å². The minimum atomic E-state index is -3.67. The topological polar surface area (TPSA) is 103 Å². The van der Waals surface area contributed by atoms with E-state index in [1.807, 2.05) is 12.1 Å². The second kappa shape index (κ2) is 7.52. The molecule has 0 aliphatic rings. The lowest BCUT2D eigenvalue weighted by Gasteiger charge is -2.11. The van der Waals surface area contributed by atoms with E-state index in [-0.39, 0.29) is 21.8 Å². The van der Waals surface area contributed by atoms with Crippen LogP contribution < -0.4 is 9.46 Å². The maximum atomic E-state index is 12.2. The van der Waals surface area contributed by atoms with E-state index in [9.17, 15) is 8.42 Å². The molecule has 0 bridgehead atoms. The lowest BCUT2D eigenvalue weighted by molar-refractivity contribution is 0.479. The van der Waals surface area contributed by atoms with Crippen LogP contribution in [0.4, 0.5) is 0 Å². The van der Waals surface area contributed by atoms with Gasteiger partial charge in [0.2, 0.25) is 0 Å². The van der Waals surface area contributed by atoms with E-state index in [4.69, 9.17) is 15.3 Å². The summed E-state index contributed by atoms with van der Waals surface area (Å²) in [6, 6.07) is 14.3. The third-order valence-electron chi connectivity index (χ3n) is 3.34. The molecule has 7 heteroatoms. The van der Waals surface area contributed by atoms with Crippen molar-refractivity contribution in [2.45, 2.75) is 18.7 Å². The second-order valence-corrected chi connectivity index (χ2v) is 6.74. The summed E-state index contributed by atoms with van der Waals surface area (Å²) in [5.74, 6) is 0.465. The molecule has 126 valence electrons. The van der Waals surface area contributed by atoms with Crippen LogP contribution in [0.3, 0.4) is 0 Å². The molecule has 0 amide bonds. The normalized spacial score (nSPS) is 11.3. The van der Waals surface area contributed by atoms with Crippen LogP contribution in [0.5, 0.6) is 11.5 Å². The molecule has 0 aliphatic carbocycles.